The van der Waals surface area contributed by atoms with Crippen LogP contribution in [0, 0.1) is 25.2 Å². The Bertz CT molecular complexity index is 593. The molecule has 2 aromatic rings. The molecule has 0 N–H and O–H groups in total. The van der Waals surface area contributed by atoms with Gasteiger partial charge < -0.3 is 4.90 Å². The normalized spacial score (nSPS) is 9.89. The second-order valence-electron chi connectivity index (χ2n) is 4.25. The first kappa shape index (κ1) is 12.1. The summed E-state index contributed by atoms with van der Waals surface area (Å²) in [6.07, 6.45) is 3.12. The highest BCUT2D eigenvalue weighted by Gasteiger charge is 2.11. The maximum absolute atomic E-state index is 9.04. The van der Waals surface area contributed by atoms with E-state index in [1.165, 1.54) is 17.3 Å². The standard InChI is InChI=1S/C14H14N4/c1-10-6-11(2)8-12(7-10)18(3)14-13(9-15)16-4-5-17-14/h4-8H,1-3H3. The monoisotopic (exact) mass is 238 g/mol. The molecule has 90 valence electrons. The highest BCUT2D eigenvalue weighted by atomic mass is 15.2. The van der Waals surface area contributed by atoms with Gasteiger partial charge in [-0.15, -0.1) is 0 Å². The molecule has 0 amide bonds. The van der Waals surface area contributed by atoms with Crippen molar-refractivity contribution < 1.29 is 0 Å². The summed E-state index contributed by atoms with van der Waals surface area (Å²) in [4.78, 5) is 10.1. The molecule has 1 heterocycles. The number of nitrogens with zero attached hydrogens (tertiary/aromatic N) is 4. The predicted molar refractivity (Wildman–Crippen MR) is 70.7 cm³/mol. The summed E-state index contributed by atoms with van der Waals surface area (Å²) in [5.74, 6) is 0.574. The molecule has 0 atom stereocenters. The van der Waals surface area contributed by atoms with Crippen molar-refractivity contribution in [3.05, 3.63) is 47.4 Å². The number of hydrogen-bond donors (Lipinski definition) is 0. The average molecular weight is 238 g/mol. The van der Waals surface area contributed by atoms with Gasteiger partial charge in [0.1, 0.15) is 6.07 Å². The molecule has 2 rings (SSSR count). The van der Waals surface area contributed by atoms with E-state index in [9.17, 15) is 0 Å². The molecule has 1 aromatic carbocycles. The Balaban J connectivity index is 2.48. The minimum absolute atomic E-state index is 0.333. The number of hydrogen-bond acceptors (Lipinski definition) is 4. The molecule has 0 aliphatic rings. The topological polar surface area (TPSA) is 52.8 Å². The summed E-state index contributed by atoms with van der Waals surface area (Å²) in [5.41, 5.74) is 3.70. The summed E-state index contributed by atoms with van der Waals surface area (Å²) < 4.78 is 0. The van der Waals surface area contributed by atoms with Crippen molar-refractivity contribution in [2.75, 3.05) is 11.9 Å². The Hall–Kier alpha value is -2.41. The lowest BCUT2D eigenvalue weighted by Crippen LogP contribution is -2.13. The van der Waals surface area contributed by atoms with E-state index < -0.39 is 0 Å². The first-order chi connectivity index (χ1) is 8.61. The van der Waals surface area contributed by atoms with Crippen LogP contribution in [0.25, 0.3) is 0 Å². The van der Waals surface area contributed by atoms with Crippen LogP contribution in [0.2, 0.25) is 0 Å². The van der Waals surface area contributed by atoms with E-state index in [-0.39, 0.29) is 0 Å². The third-order valence-electron chi connectivity index (χ3n) is 2.70. The van der Waals surface area contributed by atoms with E-state index in [0.717, 1.165) is 5.69 Å². The molecular formula is C14H14N4. The van der Waals surface area contributed by atoms with Crippen LogP contribution in [0.3, 0.4) is 0 Å². The largest absolute Gasteiger partial charge is 0.327 e. The van der Waals surface area contributed by atoms with Gasteiger partial charge in [0.2, 0.25) is 0 Å². The predicted octanol–water partition coefficient (Wildman–Crippen LogP) is 2.73. The lowest BCUT2D eigenvalue weighted by molar-refractivity contribution is 1.06. The second-order valence-corrected chi connectivity index (χ2v) is 4.25. The van der Waals surface area contributed by atoms with E-state index in [4.69, 9.17) is 5.26 Å². The number of aromatic nitrogens is 2. The van der Waals surface area contributed by atoms with E-state index in [0.29, 0.717) is 11.5 Å². The maximum atomic E-state index is 9.04. The van der Waals surface area contributed by atoms with Crippen LogP contribution in [-0.2, 0) is 0 Å². The fourth-order valence-corrected chi connectivity index (χ4v) is 1.92. The van der Waals surface area contributed by atoms with Crippen molar-refractivity contribution in [3.8, 4) is 6.07 Å². The first-order valence-corrected chi connectivity index (χ1v) is 5.65. The first-order valence-electron chi connectivity index (χ1n) is 5.65. The Kier molecular flexibility index (Phi) is 3.24. The van der Waals surface area contributed by atoms with Crippen LogP contribution in [0.5, 0.6) is 0 Å². The molecule has 0 radical (unpaired) electrons. The SMILES string of the molecule is Cc1cc(C)cc(N(C)c2nccnc2C#N)c1. The average Bonchev–Trinajstić information content (AvgIpc) is 2.36. The fraction of sp³-hybridized carbons (Fsp3) is 0.214. The molecule has 18 heavy (non-hydrogen) atoms. The summed E-state index contributed by atoms with van der Waals surface area (Å²) >= 11 is 0. The van der Waals surface area contributed by atoms with Crippen LogP contribution >= 0.6 is 0 Å². The quantitative estimate of drug-likeness (QED) is 0.807. The van der Waals surface area contributed by atoms with Crippen molar-refractivity contribution in [3.63, 3.8) is 0 Å². The minimum Gasteiger partial charge on any atom is -0.327 e. The van der Waals surface area contributed by atoms with Crippen molar-refractivity contribution in [1.29, 1.82) is 5.26 Å². The van der Waals surface area contributed by atoms with E-state index in [2.05, 4.69) is 34.2 Å². The molecule has 0 unspecified atom stereocenters. The number of rotatable bonds is 2. The molecule has 0 aliphatic carbocycles. The Morgan fingerprint density at radius 1 is 1.06 bits per heavy atom. The van der Waals surface area contributed by atoms with Gasteiger partial charge in [0.15, 0.2) is 11.5 Å². The van der Waals surface area contributed by atoms with Gasteiger partial charge in [0.05, 0.1) is 0 Å². The van der Waals surface area contributed by atoms with Crippen LogP contribution in [0.4, 0.5) is 11.5 Å². The summed E-state index contributed by atoms with van der Waals surface area (Å²) in [6.45, 7) is 4.10. The van der Waals surface area contributed by atoms with Gasteiger partial charge in [0, 0.05) is 25.1 Å². The highest BCUT2D eigenvalue weighted by Crippen LogP contribution is 2.25. The molecule has 0 aliphatic heterocycles. The highest BCUT2D eigenvalue weighted by molar-refractivity contribution is 5.64. The van der Waals surface area contributed by atoms with Crippen molar-refractivity contribution in [2.24, 2.45) is 0 Å². The summed E-state index contributed by atoms with van der Waals surface area (Å²) in [7, 11) is 1.89. The third-order valence-corrected chi connectivity index (χ3v) is 2.70. The molecule has 0 saturated carbocycles. The molecule has 0 bridgehead atoms. The summed E-state index contributed by atoms with van der Waals surface area (Å²) in [6, 6.07) is 8.29. The zero-order valence-electron chi connectivity index (χ0n) is 10.7. The van der Waals surface area contributed by atoms with Gasteiger partial charge in [0.25, 0.3) is 0 Å². The molecule has 4 nitrogen and oxygen atoms in total. The van der Waals surface area contributed by atoms with Crippen LogP contribution < -0.4 is 4.90 Å². The lowest BCUT2D eigenvalue weighted by atomic mass is 10.1. The molecule has 4 heteroatoms. The van der Waals surface area contributed by atoms with Crippen molar-refractivity contribution in [2.45, 2.75) is 13.8 Å². The number of aryl methyl sites for hydroxylation is 2. The molecule has 1 aromatic heterocycles. The van der Waals surface area contributed by atoms with E-state index >= 15 is 0 Å². The van der Waals surface area contributed by atoms with E-state index in [1.807, 2.05) is 25.8 Å². The number of anilines is 2. The zero-order valence-corrected chi connectivity index (χ0v) is 10.7. The van der Waals surface area contributed by atoms with Crippen LogP contribution in [0.15, 0.2) is 30.6 Å². The smallest absolute Gasteiger partial charge is 0.183 e. The van der Waals surface area contributed by atoms with Gasteiger partial charge >= 0.3 is 0 Å². The molecule has 0 saturated heterocycles. The molecule has 0 fully saturated rings. The van der Waals surface area contributed by atoms with Crippen LogP contribution in [-0.4, -0.2) is 17.0 Å². The van der Waals surface area contributed by atoms with Gasteiger partial charge in [-0.25, -0.2) is 9.97 Å². The summed E-state index contributed by atoms with van der Waals surface area (Å²) in [5, 5.41) is 9.04. The van der Waals surface area contributed by atoms with Crippen molar-refractivity contribution in [1.82, 2.24) is 9.97 Å². The Morgan fingerprint density at radius 2 is 1.67 bits per heavy atom. The maximum Gasteiger partial charge on any atom is 0.183 e. The van der Waals surface area contributed by atoms with Crippen LogP contribution in [0.1, 0.15) is 16.8 Å². The second kappa shape index (κ2) is 4.84. The Labute approximate surface area is 107 Å². The van der Waals surface area contributed by atoms with Gasteiger partial charge in [-0.2, -0.15) is 5.26 Å². The Morgan fingerprint density at radius 3 is 2.28 bits per heavy atom. The zero-order chi connectivity index (χ0) is 13.1. The minimum atomic E-state index is 0.333. The van der Waals surface area contributed by atoms with E-state index in [1.54, 1.807) is 6.20 Å². The van der Waals surface area contributed by atoms with Crippen molar-refractivity contribution >= 4 is 11.5 Å². The number of benzene rings is 1. The fourth-order valence-electron chi connectivity index (χ4n) is 1.92. The lowest BCUT2D eigenvalue weighted by Gasteiger charge is -2.19. The van der Waals surface area contributed by atoms with Gasteiger partial charge in [-0.3, -0.25) is 0 Å². The molecular weight excluding hydrogens is 224 g/mol. The van der Waals surface area contributed by atoms with Gasteiger partial charge in [-0.1, -0.05) is 6.07 Å². The molecule has 0 spiro atoms. The van der Waals surface area contributed by atoms with Gasteiger partial charge in [-0.05, 0) is 37.1 Å². The third kappa shape index (κ3) is 2.30. The number of nitriles is 1.